The van der Waals surface area contributed by atoms with Crippen LogP contribution in [0.2, 0.25) is 5.02 Å². The lowest BCUT2D eigenvalue weighted by Crippen LogP contribution is -2.54. The zero-order valence-corrected chi connectivity index (χ0v) is 24.0. The van der Waals surface area contributed by atoms with Crippen molar-refractivity contribution in [2.45, 2.75) is 38.1 Å². The predicted molar refractivity (Wildman–Crippen MR) is 152 cm³/mol. The molecule has 15 heteroatoms. The van der Waals surface area contributed by atoms with Gasteiger partial charge in [-0.2, -0.15) is 19.0 Å². The van der Waals surface area contributed by atoms with Crippen molar-refractivity contribution >= 4 is 34.7 Å². The smallest absolute Gasteiger partial charge is 0.387 e. The first kappa shape index (κ1) is 29.0. The Bertz CT molecular complexity index is 1630. The SMILES string of the molecule is CN(C1CCN(C(=O)Cn2cc(NC(=O)c3cnc4cccnn34)c(-c3cc(Cl)ccc3OC(F)F)n2)CC1)C1COC1. The molecule has 0 atom stereocenters. The third kappa shape index (κ3) is 6.17. The van der Waals surface area contributed by atoms with Crippen molar-refractivity contribution in [2.75, 3.05) is 38.7 Å². The minimum absolute atomic E-state index is 0.101. The first-order chi connectivity index (χ1) is 20.8. The Morgan fingerprint density at radius 1 is 1.21 bits per heavy atom. The number of ether oxygens (including phenoxy) is 2. The lowest BCUT2D eigenvalue weighted by molar-refractivity contribution is -0.134. The van der Waals surface area contributed by atoms with Gasteiger partial charge in [0.1, 0.15) is 18.0 Å². The molecule has 2 aliphatic heterocycles. The molecule has 1 aromatic carbocycles. The van der Waals surface area contributed by atoms with Gasteiger partial charge in [0, 0.05) is 42.1 Å². The maximum absolute atomic E-state index is 13.3. The number of imidazole rings is 1. The molecule has 0 unspecified atom stereocenters. The fourth-order valence-corrected chi connectivity index (χ4v) is 5.54. The lowest BCUT2D eigenvalue weighted by atomic mass is 10.0. The van der Waals surface area contributed by atoms with E-state index in [-0.39, 0.29) is 45.9 Å². The number of carbonyl (C=O) groups excluding carboxylic acids is 2. The number of aromatic nitrogens is 5. The van der Waals surface area contributed by atoms with Gasteiger partial charge < -0.3 is 19.7 Å². The van der Waals surface area contributed by atoms with Gasteiger partial charge in [0.25, 0.3) is 5.91 Å². The van der Waals surface area contributed by atoms with E-state index in [1.807, 2.05) is 0 Å². The van der Waals surface area contributed by atoms with Crippen molar-refractivity contribution < 1.29 is 27.8 Å². The van der Waals surface area contributed by atoms with Gasteiger partial charge in [-0.25, -0.2) is 9.50 Å². The molecule has 226 valence electrons. The monoisotopic (exact) mass is 614 g/mol. The second-order valence-corrected chi connectivity index (χ2v) is 10.9. The third-order valence-corrected chi connectivity index (χ3v) is 8.06. The summed E-state index contributed by atoms with van der Waals surface area (Å²) in [5, 5.41) is 11.7. The van der Waals surface area contributed by atoms with Crippen LogP contribution in [0.15, 0.2) is 48.9 Å². The molecule has 2 saturated heterocycles. The molecule has 2 aliphatic rings. The van der Waals surface area contributed by atoms with Gasteiger partial charge >= 0.3 is 6.61 Å². The van der Waals surface area contributed by atoms with Crippen LogP contribution in [-0.2, 0) is 16.1 Å². The normalized spacial score (nSPS) is 16.2. The van der Waals surface area contributed by atoms with E-state index in [9.17, 15) is 18.4 Å². The molecule has 0 radical (unpaired) electrons. The Labute approximate surface area is 250 Å². The summed E-state index contributed by atoms with van der Waals surface area (Å²) < 4.78 is 39.3. The van der Waals surface area contributed by atoms with Crippen molar-refractivity contribution in [3.05, 3.63) is 59.6 Å². The number of benzene rings is 1. The van der Waals surface area contributed by atoms with E-state index in [2.05, 4.69) is 32.4 Å². The van der Waals surface area contributed by atoms with Crippen LogP contribution in [0.4, 0.5) is 14.5 Å². The molecule has 12 nitrogen and oxygen atoms in total. The van der Waals surface area contributed by atoms with Crippen LogP contribution < -0.4 is 10.1 Å². The van der Waals surface area contributed by atoms with Crippen LogP contribution in [0, 0.1) is 0 Å². The average Bonchev–Trinajstić information content (AvgIpc) is 3.57. The highest BCUT2D eigenvalue weighted by Crippen LogP contribution is 2.37. The third-order valence-electron chi connectivity index (χ3n) is 7.82. The van der Waals surface area contributed by atoms with Crippen LogP contribution in [0.1, 0.15) is 23.3 Å². The molecule has 2 amide bonds. The highest BCUT2D eigenvalue weighted by atomic mass is 35.5. The van der Waals surface area contributed by atoms with Crippen molar-refractivity contribution in [1.82, 2.24) is 34.2 Å². The Hall–Kier alpha value is -4.14. The number of carbonyl (C=O) groups is 2. The predicted octanol–water partition coefficient (Wildman–Crippen LogP) is 3.42. The molecule has 43 heavy (non-hydrogen) atoms. The van der Waals surface area contributed by atoms with Crippen LogP contribution >= 0.6 is 11.6 Å². The van der Waals surface area contributed by atoms with Crippen molar-refractivity contribution in [3.8, 4) is 17.0 Å². The maximum atomic E-state index is 13.3. The molecule has 0 saturated carbocycles. The van der Waals surface area contributed by atoms with E-state index in [0.29, 0.717) is 30.8 Å². The number of nitrogens with zero attached hydrogens (tertiary/aromatic N) is 7. The molecule has 6 rings (SSSR count). The lowest BCUT2D eigenvalue weighted by Gasteiger charge is -2.43. The fraction of sp³-hybridized carbons (Fsp3) is 0.393. The second kappa shape index (κ2) is 12.2. The molecule has 2 fully saturated rings. The average molecular weight is 615 g/mol. The highest BCUT2D eigenvalue weighted by molar-refractivity contribution is 6.31. The number of halogens is 3. The van der Waals surface area contributed by atoms with E-state index >= 15 is 0 Å². The molecule has 0 spiro atoms. The summed E-state index contributed by atoms with van der Waals surface area (Å²) in [5.74, 6) is -0.910. The van der Waals surface area contributed by atoms with Crippen LogP contribution in [0.25, 0.3) is 16.9 Å². The number of likely N-dealkylation sites (N-methyl/N-ethyl adjacent to an activating group) is 1. The van der Waals surface area contributed by atoms with Gasteiger partial charge in [-0.1, -0.05) is 11.6 Å². The van der Waals surface area contributed by atoms with Crippen molar-refractivity contribution in [2.24, 2.45) is 0 Å². The van der Waals surface area contributed by atoms with Crippen molar-refractivity contribution in [3.63, 3.8) is 0 Å². The van der Waals surface area contributed by atoms with Gasteiger partial charge in [0.2, 0.25) is 5.91 Å². The van der Waals surface area contributed by atoms with E-state index in [1.54, 1.807) is 17.0 Å². The van der Waals surface area contributed by atoms with Crippen LogP contribution in [0.5, 0.6) is 5.75 Å². The molecule has 4 aromatic rings. The summed E-state index contributed by atoms with van der Waals surface area (Å²) in [5.41, 5.74) is 0.987. The fourth-order valence-electron chi connectivity index (χ4n) is 5.37. The number of anilines is 1. The van der Waals surface area contributed by atoms with Crippen LogP contribution in [0.3, 0.4) is 0 Å². The van der Waals surface area contributed by atoms with E-state index in [0.717, 1.165) is 26.1 Å². The summed E-state index contributed by atoms with van der Waals surface area (Å²) in [4.78, 5) is 34.9. The number of amides is 2. The van der Waals surface area contributed by atoms with Crippen LogP contribution in [-0.4, -0.2) is 98.0 Å². The second-order valence-electron chi connectivity index (χ2n) is 10.5. The molecular weight excluding hydrogens is 586 g/mol. The Kier molecular flexibility index (Phi) is 8.23. The largest absolute Gasteiger partial charge is 0.434 e. The highest BCUT2D eigenvalue weighted by Gasteiger charge is 2.32. The number of piperidine rings is 1. The standard InChI is InChI=1S/C28H29ClF2N8O4/c1-36(19-15-42-16-19)18-6-9-37(10-7-18)25(40)14-38-13-21(34-27(41)22-12-32-24-3-2-8-33-39(22)24)26(35-38)20-11-17(29)4-5-23(20)43-28(30)31/h2-5,8,11-13,18-19,28H,6-7,9-10,14-16H2,1H3,(H,34,41). The number of alkyl halides is 2. The molecular formula is C28H29ClF2N8O4. The summed E-state index contributed by atoms with van der Waals surface area (Å²) in [6, 6.07) is 8.30. The first-order valence-electron chi connectivity index (χ1n) is 13.8. The van der Waals surface area contributed by atoms with Gasteiger partial charge in [0.15, 0.2) is 11.3 Å². The topological polar surface area (TPSA) is 119 Å². The molecule has 5 heterocycles. The van der Waals surface area contributed by atoms with E-state index < -0.39 is 12.5 Å². The number of fused-ring (bicyclic) bond motifs is 1. The number of hydrogen-bond acceptors (Lipinski definition) is 8. The number of rotatable bonds is 9. The summed E-state index contributed by atoms with van der Waals surface area (Å²) in [7, 11) is 2.10. The zero-order chi connectivity index (χ0) is 30.1. The Morgan fingerprint density at radius 2 is 2.00 bits per heavy atom. The Morgan fingerprint density at radius 3 is 2.72 bits per heavy atom. The van der Waals surface area contributed by atoms with Gasteiger partial charge in [-0.15, -0.1) is 0 Å². The summed E-state index contributed by atoms with van der Waals surface area (Å²) >= 11 is 6.21. The van der Waals surface area contributed by atoms with E-state index in [4.69, 9.17) is 21.1 Å². The number of nitrogens with one attached hydrogen (secondary N) is 1. The summed E-state index contributed by atoms with van der Waals surface area (Å²) in [6.45, 7) is -0.559. The number of hydrogen-bond donors (Lipinski definition) is 1. The quantitative estimate of drug-likeness (QED) is 0.305. The molecule has 3 aromatic heterocycles. The molecule has 1 N–H and O–H groups in total. The van der Waals surface area contributed by atoms with Gasteiger partial charge in [-0.3, -0.25) is 19.2 Å². The van der Waals surface area contributed by atoms with Gasteiger partial charge in [-0.05, 0) is 50.2 Å². The minimum Gasteiger partial charge on any atom is -0.434 e. The number of likely N-dealkylation sites (tertiary alicyclic amines) is 1. The van der Waals surface area contributed by atoms with E-state index in [1.165, 1.54) is 46.0 Å². The maximum Gasteiger partial charge on any atom is 0.387 e. The van der Waals surface area contributed by atoms with Crippen molar-refractivity contribution in [1.29, 1.82) is 0 Å². The van der Waals surface area contributed by atoms with Gasteiger partial charge in [0.05, 0.1) is 31.1 Å². The zero-order valence-electron chi connectivity index (χ0n) is 23.2. The first-order valence-corrected chi connectivity index (χ1v) is 14.1. The summed E-state index contributed by atoms with van der Waals surface area (Å²) in [6.07, 6.45) is 6.05. The minimum atomic E-state index is -3.11. The Balaban J connectivity index is 1.25. The molecule has 0 aliphatic carbocycles. The molecule has 0 bridgehead atoms.